The Bertz CT molecular complexity index is 764. The van der Waals surface area contributed by atoms with Crippen LogP contribution in [-0.4, -0.2) is 20.1 Å². The third kappa shape index (κ3) is 3.09. The molecule has 0 amide bonds. The molecular formula is C16H18O4S. The lowest BCUT2D eigenvalue weighted by atomic mass is 9.97. The highest BCUT2D eigenvalue weighted by Gasteiger charge is 2.19. The summed E-state index contributed by atoms with van der Waals surface area (Å²) in [6.45, 7) is 3.85. The molecule has 0 radical (unpaired) electrons. The van der Waals surface area contributed by atoms with Gasteiger partial charge in [-0.3, -0.25) is 4.55 Å². The molecule has 2 aromatic rings. The summed E-state index contributed by atoms with van der Waals surface area (Å²) < 4.78 is 37.8. The highest BCUT2D eigenvalue weighted by molar-refractivity contribution is 7.85. The molecule has 112 valence electrons. The van der Waals surface area contributed by atoms with Crippen molar-refractivity contribution < 1.29 is 17.7 Å². The number of rotatable bonds is 4. The zero-order valence-corrected chi connectivity index (χ0v) is 13.1. The minimum atomic E-state index is -4.26. The van der Waals surface area contributed by atoms with Crippen molar-refractivity contribution in [3.63, 3.8) is 0 Å². The molecule has 0 bridgehead atoms. The minimum Gasteiger partial charge on any atom is -0.496 e. The molecular weight excluding hydrogens is 288 g/mol. The fraction of sp³-hybridized carbons (Fsp3) is 0.250. The number of hydrogen-bond donors (Lipinski definition) is 1. The highest BCUT2D eigenvalue weighted by atomic mass is 32.2. The predicted octanol–water partition coefficient (Wildman–Crippen LogP) is 3.48. The Morgan fingerprint density at radius 3 is 2.33 bits per heavy atom. The van der Waals surface area contributed by atoms with Gasteiger partial charge in [-0.05, 0) is 42.2 Å². The maximum absolute atomic E-state index is 11.5. The number of benzene rings is 2. The zero-order chi connectivity index (χ0) is 15.6. The molecule has 0 spiro atoms. The van der Waals surface area contributed by atoms with Gasteiger partial charge in [0, 0.05) is 5.56 Å². The van der Waals surface area contributed by atoms with Crippen molar-refractivity contribution in [2.75, 3.05) is 7.11 Å². The lowest BCUT2D eigenvalue weighted by Crippen LogP contribution is -2.03. The maximum atomic E-state index is 11.5. The van der Waals surface area contributed by atoms with E-state index in [1.807, 2.05) is 38.1 Å². The monoisotopic (exact) mass is 306 g/mol. The van der Waals surface area contributed by atoms with Crippen LogP contribution in [0.1, 0.15) is 18.1 Å². The van der Waals surface area contributed by atoms with Crippen molar-refractivity contribution in [2.24, 2.45) is 0 Å². The molecule has 5 heteroatoms. The van der Waals surface area contributed by atoms with Gasteiger partial charge in [0.25, 0.3) is 10.1 Å². The smallest absolute Gasteiger partial charge is 0.294 e. The Kier molecular flexibility index (Phi) is 4.34. The molecule has 0 aliphatic heterocycles. The molecule has 4 nitrogen and oxygen atoms in total. The topological polar surface area (TPSA) is 63.6 Å². The molecule has 0 heterocycles. The van der Waals surface area contributed by atoms with E-state index in [1.165, 1.54) is 12.1 Å². The van der Waals surface area contributed by atoms with Gasteiger partial charge in [0.2, 0.25) is 0 Å². The second-order valence-corrected chi connectivity index (χ2v) is 6.23. The average Bonchev–Trinajstić information content (AvgIpc) is 2.45. The van der Waals surface area contributed by atoms with Crippen LogP contribution >= 0.6 is 0 Å². The van der Waals surface area contributed by atoms with Gasteiger partial charge in [0.15, 0.2) is 0 Å². The van der Waals surface area contributed by atoms with Crippen molar-refractivity contribution >= 4 is 10.1 Å². The van der Waals surface area contributed by atoms with Gasteiger partial charge in [-0.1, -0.05) is 31.2 Å². The van der Waals surface area contributed by atoms with Crippen molar-refractivity contribution in [1.29, 1.82) is 0 Å². The third-order valence-electron chi connectivity index (χ3n) is 3.46. The summed E-state index contributed by atoms with van der Waals surface area (Å²) in [6, 6.07) is 10.6. The van der Waals surface area contributed by atoms with E-state index in [2.05, 4.69) is 0 Å². The normalized spacial score (nSPS) is 11.4. The summed E-state index contributed by atoms with van der Waals surface area (Å²) in [7, 11) is -2.70. The van der Waals surface area contributed by atoms with Crippen molar-refractivity contribution in [3.8, 4) is 16.9 Å². The standard InChI is InChI=1S/C16H18O4S/c1-4-12-9-13(21(17,18)19)10-15(16(12)20-3)14-8-6-5-7-11(14)2/h5-10H,4H2,1-3H3,(H,17,18,19). The van der Waals surface area contributed by atoms with Crippen LogP contribution in [0.15, 0.2) is 41.3 Å². The first kappa shape index (κ1) is 15.5. The van der Waals surface area contributed by atoms with Crippen LogP contribution in [0.5, 0.6) is 5.75 Å². The number of methoxy groups -OCH3 is 1. The number of ether oxygens (including phenoxy) is 1. The minimum absolute atomic E-state index is 0.113. The van der Waals surface area contributed by atoms with E-state index in [0.29, 0.717) is 17.7 Å². The van der Waals surface area contributed by atoms with Crippen LogP contribution in [-0.2, 0) is 16.5 Å². The summed E-state index contributed by atoms with van der Waals surface area (Å²) in [4.78, 5) is -0.113. The summed E-state index contributed by atoms with van der Waals surface area (Å²) in [5, 5.41) is 0. The van der Waals surface area contributed by atoms with Crippen LogP contribution in [0.4, 0.5) is 0 Å². The highest BCUT2D eigenvalue weighted by Crippen LogP contribution is 2.37. The maximum Gasteiger partial charge on any atom is 0.294 e. The van der Waals surface area contributed by atoms with E-state index >= 15 is 0 Å². The van der Waals surface area contributed by atoms with E-state index in [4.69, 9.17) is 4.74 Å². The Morgan fingerprint density at radius 1 is 1.14 bits per heavy atom. The van der Waals surface area contributed by atoms with Crippen molar-refractivity contribution in [2.45, 2.75) is 25.2 Å². The van der Waals surface area contributed by atoms with Crippen LogP contribution in [0.25, 0.3) is 11.1 Å². The number of aryl methyl sites for hydroxylation is 2. The molecule has 0 saturated carbocycles. The SMILES string of the molecule is CCc1cc(S(=O)(=O)O)cc(-c2ccccc2C)c1OC. The quantitative estimate of drug-likeness (QED) is 0.878. The predicted molar refractivity (Wildman–Crippen MR) is 82.4 cm³/mol. The van der Waals surface area contributed by atoms with Gasteiger partial charge >= 0.3 is 0 Å². The molecule has 2 aromatic carbocycles. The molecule has 0 aliphatic carbocycles. The van der Waals surface area contributed by atoms with Crippen molar-refractivity contribution in [1.82, 2.24) is 0 Å². The molecule has 2 rings (SSSR count). The van der Waals surface area contributed by atoms with E-state index in [0.717, 1.165) is 16.7 Å². The van der Waals surface area contributed by atoms with Gasteiger partial charge in [-0.2, -0.15) is 8.42 Å². The zero-order valence-electron chi connectivity index (χ0n) is 12.3. The Balaban J connectivity index is 2.83. The summed E-state index contributed by atoms with van der Waals surface area (Å²) >= 11 is 0. The molecule has 0 saturated heterocycles. The summed E-state index contributed by atoms with van der Waals surface area (Å²) in [5.74, 6) is 0.638. The lowest BCUT2D eigenvalue weighted by Gasteiger charge is -2.16. The lowest BCUT2D eigenvalue weighted by molar-refractivity contribution is 0.411. The molecule has 0 unspecified atom stereocenters. The number of hydrogen-bond acceptors (Lipinski definition) is 3. The Morgan fingerprint density at radius 2 is 1.81 bits per heavy atom. The van der Waals surface area contributed by atoms with Crippen LogP contribution < -0.4 is 4.74 Å². The average molecular weight is 306 g/mol. The molecule has 0 aromatic heterocycles. The third-order valence-corrected chi connectivity index (χ3v) is 4.29. The van der Waals surface area contributed by atoms with Gasteiger partial charge in [0.05, 0.1) is 12.0 Å². The summed E-state index contributed by atoms with van der Waals surface area (Å²) in [6.07, 6.45) is 0.603. The second kappa shape index (κ2) is 5.87. The first-order valence-electron chi connectivity index (χ1n) is 6.63. The Labute approximate surface area is 125 Å². The van der Waals surface area contributed by atoms with Crippen molar-refractivity contribution in [3.05, 3.63) is 47.5 Å². The molecule has 0 atom stereocenters. The molecule has 0 fully saturated rings. The molecule has 21 heavy (non-hydrogen) atoms. The first-order valence-corrected chi connectivity index (χ1v) is 8.07. The Hall–Kier alpha value is -1.85. The fourth-order valence-corrected chi connectivity index (χ4v) is 2.95. The van der Waals surface area contributed by atoms with Crippen LogP contribution in [0.3, 0.4) is 0 Å². The largest absolute Gasteiger partial charge is 0.496 e. The van der Waals surface area contributed by atoms with Crippen LogP contribution in [0.2, 0.25) is 0 Å². The van der Waals surface area contributed by atoms with Crippen LogP contribution in [0, 0.1) is 6.92 Å². The van der Waals surface area contributed by atoms with Gasteiger partial charge < -0.3 is 4.74 Å². The van der Waals surface area contributed by atoms with E-state index in [-0.39, 0.29) is 4.90 Å². The van der Waals surface area contributed by atoms with Gasteiger partial charge in [-0.25, -0.2) is 0 Å². The van der Waals surface area contributed by atoms with E-state index in [1.54, 1.807) is 7.11 Å². The first-order chi connectivity index (χ1) is 9.88. The molecule has 0 aliphatic rings. The molecule has 1 N–H and O–H groups in total. The van der Waals surface area contributed by atoms with E-state index in [9.17, 15) is 13.0 Å². The van der Waals surface area contributed by atoms with Gasteiger partial charge in [-0.15, -0.1) is 0 Å². The fourth-order valence-electron chi connectivity index (χ4n) is 2.39. The summed E-state index contributed by atoms with van der Waals surface area (Å²) in [5.41, 5.74) is 3.30. The van der Waals surface area contributed by atoms with Gasteiger partial charge in [0.1, 0.15) is 5.75 Å². The second-order valence-electron chi connectivity index (χ2n) is 4.81. The van der Waals surface area contributed by atoms with E-state index < -0.39 is 10.1 Å².